The predicted molar refractivity (Wildman–Crippen MR) is 70.6 cm³/mol. The summed E-state index contributed by atoms with van der Waals surface area (Å²) in [4.78, 5) is 0. The lowest BCUT2D eigenvalue weighted by Crippen LogP contribution is -2.22. The summed E-state index contributed by atoms with van der Waals surface area (Å²) < 4.78 is 13.5. The molecule has 3 rings (SSSR count). The Morgan fingerprint density at radius 3 is 2.88 bits per heavy atom. The molecule has 4 heteroatoms. The highest BCUT2D eigenvalue weighted by atomic mass is 32.2. The number of rotatable bonds is 1. The van der Waals surface area contributed by atoms with Crippen LogP contribution in [0.4, 0.5) is 0 Å². The Hall–Kier alpha value is -1.16. The van der Waals surface area contributed by atoms with E-state index in [1.54, 1.807) is 0 Å². The summed E-state index contributed by atoms with van der Waals surface area (Å²) in [6, 6.07) is 6.85. The van der Waals surface area contributed by atoms with E-state index in [0.29, 0.717) is 6.04 Å². The van der Waals surface area contributed by atoms with Crippen molar-refractivity contribution < 1.29 is 4.21 Å². The molecule has 0 atom stereocenters. The number of aromatic nitrogens is 2. The van der Waals surface area contributed by atoms with Gasteiger partial charge in [-0.15, -0.1) is 0 Å². The summed E-state index contributed by atoms with van der Waals surface area (Å²) in [5, 5.41) is 5.70. The van der Waals surface area contributed by atoms with Gasteiger partial charge in [0.2, 0.25) is 0 Å². The van der Waals surface area contributed by atoms with Crippen LogP contribution in [-0.2, 0) is 10.8 Å². The largest absolute Gasteiger partial charge is 0.262 e. The third-order valence-electron chi connectivity index (χ3n) is 3.46. The summed E-state index contributed by atoms with van der Waals surface area (Å²) >= 11 is 0. The van der Waals surface area contributed by atoms with Crippen molar-refractivity contribution in [3.05, 3.63) is 30.0 Å². The van der Waals surface area contributed by atoms with Crippen molar-refractivity contribution in [1.29, 1.82) is 0 Å². The smallest absolute Gasteiger partial charge is 0.0688 e. The Kier molecular flexibility index (Phi) is 2.74. The second kappa shape index (κ2) is 4.26. The van der Waals surface area contributed by atoms with Crippen LogP contribution in [0.2, 0.25) is 0 Å². The molecule has 1 saturated heterocycles. The number of nitrogens with zero attached hydrogens (tertiary/aromatic N) is 2. The van der Waals surface area contributed by atoms with Crippen LogP contribution in [0.5, 0.6) is 0 Å². The topological polar surface area (TPSA) is 34.9 Å². The molecular formula is C13H16N2OS. The summed E-state index contributed by atoms with van der Waals surface area (Å²) in [5.74, 6) is 1.63. The van der Waals surface area contributed by atoms with E-state index in [2.05, 4.69) is 34.9 Å². The van der Waals surface area contributed by atoms with E-state index in [0.717, 1.165) is 24.3 Å². The van der Waals surface area contributed by atoms with E-state index in [-0.39, 0.29) is 0 Å². The second-order valence-corrected chi connectivity index (χ2v) is 6.43. The SMILES string of the molecule is Cc1ccc2cnn(C3CCS(=O)CC3)c2c1. The van der Waals surface area contributed by atoms with Crippen LogP contribution in [0.15, 0.2) is 24.4 Å². The summed E-state index contributed by atoms with van der Waals surface area (Å²) in [7, 11) is -0.602. The Bertz CT molecular complexity index is 566. The maximum absolute atomic E-state index is 11.4. The molecule has 1 fully saturated rings. The summed E-state index contributed by atoms with van der Waals surface area (Å²) in [6.07, 6.45) is 3.90. The van der Waals surface area contributed by atoms with Crippen LogP contribution < -0.4 is 0 Å². The molecule has 90 valence electrons. The molecule has 2 heterocycles. The average molecular weight is 248 g/mol. The van der Waals surface area contributed by atoms with Crippen molar-refractivity contribution in [3.8, 4) is 0 Å². The molecule has 0 aliphatic carbocycles. The van der Waals surface area contributed by atoms with Crippen LogP contribution in [-0.4, -0.2) is 25.5 Å². The lowest BCUT2D eigenvalue weighted by molar-refractivity contribution is 0.434. The molecule has 1 aromatic heterocycles. The molecule has 3 nitrogen and oxygen atoms in total. The maximum Gasteiger partial charge on any atom is 0.0688 e. The van der Waals surface area contributed by atoms with Crippen molar-refractivity contribution in [2.24, 2.45) is 0 Å². The Morgan fingerprint density at radius 1 is 1.35 bits per heavy atom. The van der Waals surface area contributed by atoms with E-state index >= 15 is 0 Å². The van der Waals surface area contributed by atoms with Crippen molar-refractivity contribution in [1.82, 2.24) is 9.78 Å². The van der Waals surface area contributed by atoms with Gasteiger partial charge in [0.25, 0.3) is 0 Å². The lowest BCUT2D eigenvalue weighted by atomic mass is 10.1. The third-order valence-corrected chi connectivity index (χ3v) is 4.84. The third kappa shape index (κ3) is 2.02. The van der Waals surface area contributed by atoms with Crippen LogP contribution in [0.25, 0.3) is 10.9 Å². The molecule has 0 N–H and O–H groups in total. The first-order valence-electron chi connectivity index (χ1n) is 6.03. The highest BCUT2D eigenvalue weighted by molar-refractivity contribution is 7.85. The van der Waals surface area contributed by atoms with Gasteiger partial charge in [-0.25, -0.2) is 0 Å². The fourth-order valence-electron chi connectivity index (χ4n) is 2.46. The zero-order valence-corrected chi connectivity index (χ0v) is 10.7. The van der Waals surface area contributed by atoms with Gasteiger partial charge >= 0.3 is 0 Å². The van der Waals surface area contributed by atoms with Crippen molar-refractivity contribution >= 4 is 21.7 Å². The zero-order chi connectivity index (χ0) is 11.8. The molecule has 17 heavy (non-hydrogen) atoms. The normalized spacial score (nSPS) is 25.2. The molecular weight excluding hydrogens is 232 g/mol. The van der Waals surface area contributed by atoms with Crippen molar-refractivity contribution in [2.75, 3.05) is 11.5 Å². The molecule has 1 aliphatic heterocycles. The van der Waals surface area contributed by atoms with Gasteiger partial charge in [-0.3, -0.25) is 8.89 Å². The summed E-state index contributed by atoms with van der Waals surface area (Å²) in [5.41, 5.74) is 2.47. The van der Waals surface area contributed by atoms with Gasteiger partial charge in [0.05, 0.1) is 17.8 Å². The quantitative estimate of drug-likeness (QED) is 0.777. The van der Waals surface area contributed by atoms with E-state index < -0.39 is 10.8 Å². The monoisotopic (exact) mass is 248 g/mol. The first-order chi connectivity index (χ1) is 8.24. The average Bonchev–Trinajstić information content (AvgIpc) is 2.73. The number of hydrogen-bond donors (Lipinski definition) is 0. The van der Waals surface area contributed by atoms with Crippen molar-refractivity contribution in [2.45, 2.75) is 25.8 Å². The minimum Gasteiger partial charge on any atom is -0.262 e. The molecule has 0 saturated carbocycles. The first kappa shape index (κ1) is 11.0. The van der Waals surface area contributed by atoms with E-state index in [4.69, 9.17) is 0 Å². The van der Waals surface area contributed by atoms with Crippen LogP contribution in [0.3, 0.4) is 0 Å². The maximum atomic E-state index is 11.4. The number of hydrogen-bond acceptors (Lipinski definition) is 2. The number of fused-ring (bicyclic) bond motifs is 1. The van der Waals surface area contributed by atoms with Gasteiger partial charge in [0.1, 0.15) is 0 Å². The minimum atomic E-state index is -0.602. The first-order valence-corrected chi connectivity index (χ1v) is 7.52. The van der Waals surface area contributed by atoms with Gasteiger partial charge in [0.15, 0.2) is 0 Å². The Labute approximate surface area is 103 Å². The predicted octanol–water partition coefficient (Wildman–Crippen LogP) is 2.43. The minimum absolute atomic E-state index is 0.423. The molecule has 0 bridgehead atoms. The zero-order valence-electron chi connectivity index (χ0n) is 9.93. The Balaban J connectivity index is 1.99. The van der Waals surface area contributed by atoms with Gasteiger partial charge in [0, 0.05) is 27.7 Å². The fraction of sp³-hybridized carbons (Fsp3) is 0.462. The summed E-state index contributed by atoms with van der Waals surface area (Å²) in [6.45, 7) is 2.10. The fourth-order valence-corrected chi connectivity index (χ4v) is 3.74. The number of benzene rings is 1. The Morgan fingerprint density at radius 2 is 2.12 bits per heavy atom. The molecule has 1 aliphatic rings. The van der Waals surface area contributed by atoms with E-state index in [1.165, 1.54) is 16.5 Å². The molecule has 0 amide bonds. The molecule has 0 spiro atoms. The van der Waals surface area contributed by atoms with Crippen molar-refractivity contribution in [3.63, 3.8) is 0 Å². The molecule has 0 unspecified atom stereocenters. The van der Waals surface area contributed by atoms with Gasteiger partial charge in [-0.05, 0) is 31.4 Å². The second-order valence-electron chi connectivity index (χ2n) is 4.73. The highest BCUT2D eigenvalue weighted by Crippen LogP contribution is 2.26. The van der Waals surface area contributed by atoms with Gasteiger partial charge < -0.3 is 0 Å². The lowest BCUT2D eigenvalue weighted by Gasteiger charge is -2.22. The van der Waals surface area contributed by atoms with Gasteiger partial charge in [-0.1, -0.05) is 12.1 Å². The standard InChI is InChI=1S/C13H16N2OS/c1-10-2-3-11-9-14-15(13(11)8-10)12-4-6-17(16)7-5-12/h2-3,8-9,12H,4-7H2,1H3. The van der Waals surface area contributed by atoms with Crippen LogP contribution in [0.1, 0.15) is 24.4 Å². The van der Waals surface area contributed by atoms with Crippen LogP contribution in [0, 0.1) is 6.92 Å². The number of aryl methyl sites for hydroxylation is 1. The molecule has 0 radical (unpaired) electrons. The molecule has 2 aromatic rings. The van der Waals surface area contributed by atoms with Gasteiger partial charge in [-0.2, -0.15) is 5.10 Å². The highest BCUT2D eigenvalue weighted by Gasteiger charge is 2.21. The molecule has 1 aromatic carbocycles. The van der Waals surface area contributed by atoms with E-state index in [9.17, 15) is 4.21 Å². The van der Waals surface area contributed by atoms with Crippen LogP contribution >= 0.6 is 0 Å². The van der Waals surface area contributed by atoms with E-state index in [1.807, 2.05) is 6.20 Å².